The Morgan fingerprint density at radius 2 is 1.92 bits per heavy atom. The van der Waals surface area contributed by atoms with Gasteiger partial charge in [0, 0.05) is 31.7 Å². The number of hydrogen-bond donors (Lipinski definition) is 1. The number of ether oxygens (including phenoxy) is 1. The zero-order chi connectivity index (χ0) is 17.6. The van der Waals surface area contributed by atoms with E-state index in [0.29, 0.717) is 18.7 Å². The van der Waals surface area contributed by atoms with Crippen molar-refractivity contribution in [2.75, 3.05) is 0 Å². The van der Waals surface area contributed by atoms with Crippen molar-refractivity contribution in [2.24, 2.45) is 0 Å². The molecule has 2 aromatic heterocycles. The molecule has 3 rings (SSSR count). The lowest BCUT2D eigenvalue weighted by Crippen LogP contribution is -2.13. The number of pyridine rings is 1. The van der Waals surface area contributed by atoms with Gasteiger partial charge < -0.3 is 10.1 Å². The van der Waals surface area contributed by atoms with Crippen LogP contribution in [-0.4, -0.2) is 21.1 Å². The van der Waals surface area contributed by atoms with E-state index in [2.05, 4.69) is 20.0 Å². The highest BCUT2D eigenvalue weighted by molar-refractivity contribution is 5.29. The van der Waals surface area contributed by atoms with Crippen molar-refractivity contribution in [3.8, 4) is 11.6 Å². The monoisotopic (exact) mass is 348 g/mol. The maximum Gasteiger partial charge on any atom is 0.387 e. The zero-order valence-electron chi connectivity index (χ0n) is 13.1. The van der Waals surface area contributed by atoms with E-state index in [4.69, 9.17) is 0 Å². The summed E-state index contributed by atoms with van der Waals surface area (Å²) in [4.78, 5) is 8.30. The van der Waals surface area contributed by atoms with E-state index in [9.17, 15) is 13.2 Å². The van der Waals surface area contributed by atoms with Crippen molar-refractivity contribution in [1.29, 1.82) is 0 Å². The van der Waals surface area contributed by atoms with E-state index in [0.717, 1.165) is 11.4 Å². The summed E-state index contributed by atoms with van der Waals surface area (Å²) < 4.78 is 43.7. The van der Waals surface area contributed by atoms with Gasteiger partial charge in [0.1, 0.15) is 12.1 Å². The van der Waals surface area contributed by atoms with Crippen molar-refractivity contribution in [1.82, 2.24) is 19.9 Å². The average Bonchev–Trinajstić information content (AvgIpc) is 3.12. The highest BCUT2D eigenvalue weighted by Gasteiger charge is 2.10. The first-order valence-electron chi connectivity index (χ1n) is 7.49. The van der Waals surface area contributed by atoms with Crippen molar-refractivity contribution >= 4 is 0 Å². The molecule has 130 valence electrons. The number of hydrogen-bond acceptors (Lipinski definition) is 4. The minimum absolute atomic E-state index is 0.384. The van der Waals surface area contributed by atoms with Crippen molar-refractivity contribution in [3.63, 3.8) is 0 Å². The summed E-state index contributed by atoms with van der Waals surface area (Å²) in [6.07, 6.45) is 6.88. The zero-order valence-corrected chi connectivity index (χ0v) is 13.1. The molecular weight excluding hydrogens is 333 g/mol. The number of imidazole rings is 1. The van der Waals surface area contributed by atoms with Gasteiger partial charge in [0.05, 0.1) is 0 Å². The summed E-state index contributed by atoms with van der Waals surface area (Å²) in [6, 6.07) is 7.70. The van der Waals surface area contributed by atoms with E-state index in [-0.39, 0.29) is 0 Å². The molecule has 1 N–H and O–H groups in total. The van der Waals surface area contributed by atoms with Gasteiger partial charge in [-0.3, -0.25) is 4.57 Å². The van der Waals surface area contributed by atoms with Gasteiger partial charge in [0.15, 0.2) is 11.6 Å². The highest BCUT2D eigenvalue weighted by Crippen LogP contribution is 2.20. The van der Waals surface area contributed by atoms with Gasteiger partial charge in [-0.25, -0.2) is 14.4 Å². The van der Waals surface area contributed by atoms with Gasteiger partial charge in [0.2, 0.25) is 0 Å². The Morgan fingerprint density at radius 1 is 1.12 bits per heavy atom. The van der Waals surface area contributed by atoms with Gasteiger partial charge in [-0.05, 0) is 29.3 Å². The number of rotatable bonds is 7. The number of benzene rings is 1. The number of nitrogens with one attached hydrogen (secondary N) is 1. The SMILES string of the molecule is Fc1cc(CNCc2ccc(-n3ccnc3)nc2)ccc1OC(F)F. The molecule has 1 aromatic carbocycles. The highest BCUT2D eigenvalue weighted by atomic mass is 19.3. The van der Waals surface area contributed by atoms with Gasteiger partial charge >= 0.3 is 6.61 Å². The summed E-state index contributed by atoms with van der Waals surface area (Å²) in [6.45, 7) is -2.13. The molecule has 25 heavy (non-hydrogen) atoms. The molecule has 5 nitrogen and oxygen atoms in total. The fourth-order valence-corrected chi connectivity index (χ4v) is 2.27. The summed E-state index contributed by atoms with van der Waals surface area (Å²) in [5.41, 5.74) is 1.59. The number of nitrogens with zero attached hydrogens (tertiary/aromatic N) is 3. The van der Waals surface area contributed by atoms with Crippen LogP contribution < -0.4 is 10.1 Å². The quantitative estimate of drug-likeness (QED) is 0.712. The number of alkyl halides is 2. The maximum atomic E-state index is 13.6. The normalized spacial score (nSPS) is 11.0. The first kappa shape index (κ1) is 17.0. The Morgan fingerprint density at radius 3 is 2.56 bits per heavy atom. The molecule has 0 saturated heterocycles. The third-order valence-electron chi connectivity index (χ3n) is 3.45. The Labute approximate surface area is 142 Å². The van der Waals surface area contributed by atoms with Crippen LogP contribution in [0.4, 0.5) is 13.2 Å². The Hall–Kier alpha value is -2.87. The molecule has 0 bridgehead atoms. The lowest BCUT2D eigenvalue weighted by atomic mass is 10.2. The van der Waals surface area contributed by atoms with E-state index in [1.165, 1.54) is 18.2 Å². The molecule has 0 amide bonds. The van der Waals surface area contributed by atoms with Crippen LogP contribution in [0.25, 0.3) is 5.82 Å². The molecule has 0 saturated carbocycles. The van der Waals surface area contributed by atoms with Crippen LogP contribution in [0, 0.1) is 5.82 Å². The standard InChI is InChI=1S/C17H15F3N4O/c18-14-7-12(1-3-15(14)25-17(19)20)8-22-9-13-2-4-16(23-10-13)24-6-5-21-11-24/h1-7,10-11,17,22H,8-9H2. The molecule has 0 spiro atoms. The van der Waals surface area contributed by atoms with Crippen LogP contribution in [0.15, 0.2) is 55.2 Å². The molecule has 8 heteroatoms. The number of halogens is 3. The first-order chi connectivity index (χ1) is 12.1. The average molecular weight is 348 g/mol. The minimum atomic E-state index is -3.05. The van der Waals surface area contributed by atoms with Crippen molar-refractivity contribution in [2.45, 2.75) is 19.7 Å². The van der Waals surface area contributed by atoms with Gasteiger partial charge in [-0.2, -0.15) is 8.78 Å². The van der Waals surface area contributed by atoms with Crippen LogP contribution in [0.5, 0.6) is 5.75 Å². The van der Waals surface area contributed by atoms with Crippen LogP contribution in [0.3, 0.4) is 0 Å². The molecule has 0 atom stereocenters. The Balaban J connectivity index is 1.53. The molecular formula is C17H15F3N4O. The molecule has 2 heterocycles. The second-order valence-corrected chi connectivity index (χ2v) is 5.24. The maximum absolute atomic E-state index is 13.6. The second-order valence-electron chi connectivity index (χ2n) is 5.24. The van der Waals surface area contributed by atoms with Crippen LogP contribution in [0.2, 0.25) is 0 Å². The predicted molar refractivity (Wildman–Crippen MR) is 84.9 cm³/mol. The van der Waals surface area contributed by atoms with Gasteiger partial charge in [0.25, 0.3) is 0 Å². The largest absolute Gasteiger partial charge is 0.432 e. The summed E-state index contributed by atoms with van der Waals surface area (Å²) in [5.74, 6) is -0.512. The third kappa shape index (κ3) is 4.57. The predicted octanol–water partition coefficient (Wildman–Crippen LogP) is 3.30. The minimum Gasteiger partial charge on any atom is -0.432 e. The first-order valence-corrected chi connectivity index (χ1v) is 7.49. The van der Waals surface area contributed by atoms with Crippen LogP contribution in [-0.2, 0) is 13.1 Å². The Bertz CT molecular complexity index is 807. The van der Waals surface area contributed by atoms with Crippen molar-refractivity contribution in [3.05, 3.63) is 72.2 Å². The van der Waals surface area contributed by atoms with E-state index < -0.39 is 18.2 Å². The van der Waals surface area contributed by atoms with Crippen molar-refractivity contribution < 1.29 is 17.9 Å². The van der Waals surface area contributed by atoms with Crippen LogP contribution >= 0.6 is 0 Å². The molecule has 3 aromatic rings. The summed E-state index contributed by atoms with van der Waals surface area (Å²) in [5, 5.41) is 3.14. The lowest BCUT2D eigenvalue weighted by Gasteiger charge is -2.09. The molecule has 0 radical (unpaired) electrons. The second kappa shape index (κ2) is 7.80. The van der Waals surface area contributed by atoms with E-state index in [1.807, 2.05) is 12.1 Å². The van der Waals surface area contributed by atoms with Gasteiger partial charge in [-0.1, -0.05) is 12.1 Å². The van der Waals surface area contributed by atoms with E-state index >= 15 is 0 Å². The fourth-order valence-electron chi connectivity index (χ4n) is 2.27. The third-order valence-corrected chi connectivity index (χ3v) is 3.45. The molecule has 0 fully saturated rings. The molecule has 0 aliphatic carbocycles. The lowest BCUT2D eigenvalue weighted by molar-refractivity contribution is -0.0522. The number of aromatic nitrogens is 3. The summed E-state index contributed by atoms with van der Waals surface area (Å²) in [7, 11) is 0. The molecule has 0 aliphatic heterocycles. The fraction of sp³-hybridized carbons (Fsp3) is 0.176. The molecule has 0 aliphatic rings. The Kier molecular flexibility index (Phi) is 5.30. The van der Waals surface area contributed by atoms with E-state index in [1.54, 1.807) is 29.5 Å². The smallest absolute Gasteiger partial charge is 0.387 e. The topological polar surface area (TPSA) is 52.0 Å². The van der Waals surface area contributed by atoms with Crippen LogP contribution in [0.1, 0.15) is 11.1 Å². The van der Waals surface area contributed by atoms with Gasteiger partial charge in [-0.15, -0.1) is 0 Å². The summed E-state index contributed by atoms with van der Waals surface area (Å²) >= 11 is 0. The molecule has 0 unspecified atom stereocenters.